The van der Waals surface area contributed by atoms with Crippen LogP contribution in [0.3, 0.4) is 0 Å². The summed E-state index contributed by atoms with van der Waals surface area (Å²) >= 11 is 0. The predicted molar refractivity (Wildman–Crippen MR) is 73.9 cm³/mol. The van der Waals surface area contributed by atoms with E-state index in [0.717, 1.165) is 11.3 Å². The number of aromatic amines is 1. The number of aromatic nitrogens is 3. The van der Waals surface area contributed by atoms with Crippen molar-refractivity contribution >= 4 is 5.65 Å². The van der Waals surface area contributed by atoms with Crippen molar-refractivity contribution in [3.8, 4) is 11.3 Å². The Kier molecular flexibility index (Phi) is 2.68. The summed E-state index contributed by atoms with van der Waals surface area (Å²) in [5, 5.41) is 3.05. The van der Waals surface area contributed by atoms with E-state index in [4.69, 9.17) is 5.73 Å². The summed E-state index contributed by atoms with van der Waals surface area (Å²) in [5.41, 5.74) is 8.66. The van der Waals surface area contributed by atoms with Crippen LogP contribution in [0.4, 0.5) is 0 Å². The lowest BCUT2D eigenvalue weighted by Crippen LogP contribution is -2.18. The van der Waals surface area contributed by atoms with Crippen LogP contribution >= 0.6 is 0 Å². The van der Waals surface area contributed by atoms with E-state index < -0.39 is 0 Å². The number of hydrogen-bond acceptors (Lipinski definition) is 3. The van der Waals surface area contributed by atoms with Gasteiger partial charge in [-0.2, -0.15) is 0 Å². The van der Waals surface area contributed by atoms with Gasteiger partial charge in [-0.1, -0.05) is 30.3 Å². The molecule has 1 atom stereocenters. The SMILES string of the molecule is CC(N)c1cc(=O)n2[nH]c(-c3ccccc3)cc2n1. The van der Waals surface area contributed by atoms with Crippen LogP contribution in [0.5, 0.6) is 0 Å². The molecule has 0 aliphatic carbocycles. The van der Waals surface area contributed by atoms with Gasteiger partial charge in [0, 0.05) is 18.2 Å². The molecule has 19 heavy (non-hydrogen) atoms. The fourth-order valence-electron chi connectivity index (χ4n) is 2.01. The van der Waals surface area contributed by atoms with E-state index in [1.807, 2.05) is 43.3 Å². The summed E-state index contributed by atoms with van der Waals surface area (Å²) in [6.45, 7) is 1.81. The van der Waals surface area contributed by atoms with E-state index in [1.54, 1.807) is 0 Å². The van der Waals surface area contributed by atoms with Crippen LogP contribution in [0, 0.1) is 0 Å². The summed E-state index contributed by atoms with van der Waals surface area (Å²) in [4.78, 5) is 16.4. The number of hydrogen-bond donors (Lipinski definition) is 2. The number of rotatable bonds is 2. The molecule has 0 aliphatic rings. The zero-order chi connectivity index (χ0) is 13.4. The first-order valence-electron chi connectivity index (χ1n) is 6.09. The van der Waals surface area contributed by atoms with Gasteiger partial charge in [0.25, 0.3) is 5.56 Å². The van der Waals surface area contributed by atoms with E-state index in [1.165, 1.54) is 10.6 Å². The van der Waals surface area contributed by atoms with Gasteiger partial charge in [-0.05, 0) is 12.5 Å². The summed E-state index contributed by atoms with van der Waals surface area (Å²) < 4.78 is 1.42. The molecule has 5 nitrogen and oxygen atoms in total. The number of fused-ring (bicyclic) bond motifs is 1. The average Bonchev–Trinajstić information content (AvgIpc) is 2.84. The minimum Gasteiger partial charge on any atom is -0.323 e. The molecule has 0 amide bonds. The molecule has 0 spiro atoms. The summed E-state index contributed by atoms with van der Waals surface area (Å²) in [6.07, 6.45) is 0. The molecule has 3 aromatic rings. The molecule has 3 N–H and O–H groups in total. The molecule has 3 rings (SSSR count). The highest BCUT2D eigenvalue weighted by Gasteiger charge is 2.09. The second kappa shape index (κ2) is 4.37. The molecule has 2 aromatic heterocycles. The van der Waals surface area contributed by atoms with Crippen LogP contribution in [0.15, 0.2) is 47.3 Å². The Bertz CT molecular complexity index is 771. The van der Waals surface area contributed by atoms with E-state index in [9.17, 15) is 4.79 Å². The molecule has 2 heterocycles. The van der Waals surface area contributed by atoms with E-state index in [0.29, 0.717) is 11.3 Å². The first kappa shape index (κ1) is 11.7. The van der Waals surface area contributed by atoms with Crippen molar-refractivity contribution in [2.75, 3.05) is 0 Å². The highest BCUT2D eigenvalue weighted by Crippen LogP contribution is 2.18. The smallest absolute Gasteiger partial charge is 0.272 e. The van der Waals surface area contributed by atoms with Gasteiger partial charge in [-0.3, -0.25) is 9.89 Å². The van der Waals surface area contributed by atoms with Crippen LogP contribution in [0.25, 0.3) is 16.9 Å². The summed E-state index contributed by atoms with van der Waals surface area (Å²) in [7, 11) is 0. The lowest BCUT2D eigenvalue weighted by atomic mass is 10.2. The van der Waals surface area contributed by atoms with Gasteiger partial charge in [0.05, 0.1) is 11.4 Å². The van der Waals surface area contributed by atoms with Crippen LogP contribution in [-0.2, 0) is 0 Å². The third kappa shape index (κ3) is 2.04. The van der Waals surface area contributed by atoms with Crippen LogP contribution < -0.4 is 11.3 Å². The van der Waals surface area contributed by atoms with Crippen LogP contribution in [-0.4, -0.2) is 14.6 Å². The molecule has 0 radical (unpaired) electrons. The monoisotopic (exact) mass is 254 g/mol. The van der Waals surface area contributed by atoms with Crippen molar-refractivity contribution in [3.05, 3.63) is 58.5 Å². The second-order valence-electron chi connectivity index (χ2n) is 4.54. The standard InChI is InChI=1S/C14H14N4O/c1-9(15)11-8-14(19)18-13(16-11)7-12(17-18)10-5-3-2-4-6-10/h2-9,17H,15H2,1H3. The topological polar surface area (TPSA) is 76.2 Å². The van der Waals surface area contributed by atoms with Crippen molar-refractivity contribution in [2.45, 2.75) is 13.0 Å². The van der Waals surface area contributed by atoms with Crippen molar-refractivity contribution in [3.63, 3.8) is 0 Å². The third-order valence-corrected chi connectivity index (χ3v) is 3.02. The normalized spacial score (nSPS) is 12.7. The van der Waals surface area contributed by atoms with E-state index in [-0.39, 0.29) is 11.6 Å². The molecule has 0 saturated heterocycles. The number of nitrogens with zero attached hydrogens (tertiary/aromatic N) is 2. The maximum atomic E-state index is 12.0. The van der Waals surface area contributed by atoms with Gasteiger partial charge in [0.2, 0.25) is 0 Å². The Labute approximate surface area is 109 Å². The van der Waals surface area contributed by atoms with E-state index in [2.05, 4.69) is 10.1 Å². The minimum atomic E-state index is -0.257. The highest BCUT2D eigenvalue weighted by molar-refractivity contribution is 5.63. The lowest BCUT2D eigenvalue weighted by molar-refractivity contribution is 0.765. The maximum absolute atomic E-state index is 12.0. The van der Waals surface area contributed by atoms with Crippen molar-refractivity contribution < 1.29 is 0 Å². The fraction of sp³-hybridized carbons (Fsp3) is 0.143. The van der Waals surface area contributed by atoms with Gasteiger partial charge in [-0.25, -0.2) is 9.50 Å². The van der Waals surface area contributed by atoms with Gasteiger partial charge in [0.1, 0.15) is 0 Å². The number of nitrogens with one attached hydrogen (secondary N) is 1. The van der Waals surface area contributed by atoms with Crippen molar-refractivity contribution in [1.82, 2.24) is 14.6 Å². The zero-order valence-electron chi connectivity index (χ0n) is 10.5. The third-order valence-electron chi connectivity index (χ3n) is 3.02. The Hall–Kier alpha value is -2.40. The number of benzene rings is 1. The lowest BCUT2D eigenvalue weighted by Gasteiger charge is -2.03. The second-order valence-corrected chi connectivity index (χ2v) is 4.54. The molecule has 96 valence electrons. The van der Waals surface area contributed by atoms with Crippen LogP contribution in [0.2, 0.25) is 0 Å². The molecule has 0 bridgehead atoms. The van der Waals surface area contributed by atoms with Gasteiger partial charge in [0.15, 0.2) is 5.65 Å². The first-order chi connectivity index (χ1) is 9.15. The Morgan fingerprint density at radius 2 is 2.00 bits per heavy atom. The fourth-order valence-corrected chi connectivity index (χ4v) is 2.01. The predicted octanol–water partition coefficient (Wildman–Crippen LogP) is 1.71. The van der Waals surface area contributed by atoms with Gasteiger partial charge >= 0.3 is 0 Å². The molecule has 0 saturated carbocycles. The Morgan fingerprint density at radius 1 is 1.26 bits per heavy atom. The quantitative estimate of drug-likeness (QED) is 0.731. The summed E-state index contributed by atoms with van der Waals surface area (Å²) in [5.74, 6) is 0. The van der Waals surface area contributed by atoms with Crippen molar-refractivity contribution in [2.24, 2.45) is 5.73 Å². The average molecular weight is 254 g/mol. The van der Waals surface area contributed by atoms with Gasteiger partial charge < -0.3 is 5.73 Å². The number of H-pyrrole nitrogens is 1. The largest absolute Gasteiger partial charge is 0.323 e. The molecule has 0 aliphatic heterocycles. The molecular weight excluding hydrogens is 240 g/mol. The zero-order valence-corrected chi connectivity index (χ0v) is 10.5. The van der Waals surface area contributed by atoms with Crippen LogP contribution in [0.1, 0.15) is 18.7 Å². The first-order valence-corrected chi connectivity index (χ1v) is 6.09. The molecule has 1 unspecified atom stereocenters. The summed E-state index contributed by atoms with van der Waals surface area (Å²) in [6, 6.07) is 12.9. The van der Waals surface area contributed by atoms with Crippen molar-refractivity contribution in [1.29, 1.82) is 0 Å². The van der Waals surface area contributed by atoms with Gasteiger partial charge in [-0.15, -0.1) is 0 Å². The number of nitrogens with two attached hydrogens (primary N) is 1. The Morgan fingerprint density at radius 3 is 2.68 bits per heavy atom. The molecular formula is C14H14N4O. The molecule has 5 heteroatoms. The molecule has 1 aromatic carbocycles. The molecule has 0 fully saturated rings. The maximum Gasteiger partial charge on any atom is 0.272 e. The minimum absolute atomic E-state index is 0.153. The highest BCUT2D eigenvalue weighted by atomic mass is 16.1. The van der Waals surface area contributed by atoms with E-state index >= 15 is 0 Å². The Balaban J connectivity index is 2.21.